The van der Waals surface area contributed by atoms with E-state index >= 15 is 0 Å². The molecule has 0 aliphatic heterocycles. The smallest absolute Gasteiger partial charge is 0.273 e. The summed E-state index contributed by atoms with van der Waals surface area (Å²) >= 11 is 0. The molecule has 0 saturated heterocycles. The molecule has 2 aromatic rings. The molecule has 27 heavy (non-hydrogen) atoms. The number of para-hydroxylation sites is 3. The molecule has 0 unspecified atom stereocenters. The lowest BCUT2D eigenvalue weighted by Crippen LogP contribution is -2.28. The van der Waals surface area contributed by atoms with Crippen molar-refractivity contribution >= 4 is 17.3 Å². The van der Waals surface area contributed by atoms with Crippen LogP contribution in [0.25, 0.3) is 0 Å². The molecule has 1 amide bonds. The summed E-state index contributed by atoms with van der Waals surface area (Å²) in [4.78, 5) is 25.2. The normalized spacial score (nSPS) is 10.6. The molecule has 0 atom stereocenters. The third-order valence-electron chi connectivity index (χ3n) is 4.26. The van der Waals surface area contributed by atoms with Gasteiger partial charge in [-0.2, -0.15) is 0 Å². The number of nitro groups is 1. The number of hydrogen-bond donors (Lipinski definition) is 1. The Balaban J connectivity index is 2.01. The quantitative estimate of drug-likeness (QED) is 0.510. The van der Waals surface area contributed by atoms with Gasteiger partial charge in [-0.1, -0.05) is 44.2 Å². The number of benzene rings is 2. The highest BCUT2D eigenvalue weighted by Gasteiger charge is 2.16. The first-order valence-electron chi connectivity index (χ1n) is 9.01. The van der Waals surface area contributed by atoms with Crippen LogP contribution < -0.4 is 10.1 Å². The number of hydrogen-bond acceptors (Lipinski definition) is 5. The van der Waals surface area contributed by atoms with Crippen LogP contribution in [0.5, 0.6) is 5.75 Å². The van der Waals surface area contributed by atoms with Crippen LogP contribution in [-0.2, 0) is 11.2 Å². The highest BCUT2D eigenvalue weighted by Crippen LogP contribution is 2.25. The molecule has 0 aliphatic rings. The SMILES string of the molecule is CCN(CC)CCOc1ccccc1NC(=O)Cc1ccccc1[N+](=O)[O-]. The number of amides is 1. The molecule has 0 fully saturated rings. The van der Waals surface area contributed by atoms with E-state index in [0.29, 0.717) is 23.6 Å². The van der Waals surface area contributed by atoms with Crippen molar-refractivity contribution in [3.05, 3.63) is 64.2 Å². The summed E-state index contributed by atoms with van der Waals surface area (Å²) in [5.41, 5.74) is 0.872. The molecule has 1 N–H and O–H groups in total. The highest BCUT2D eigenvalue weighted by atomic mass is 16.6. The van der Waals surface area contributed by atoms with E-state index in [-0.39, 0.29) is 18.0 Å². The zero-order valence-corrected chi connectivity index (χ0v) is 15.7. The summed E-state index contributed by atoms with van der Waals surface area (Å²) in [7, 11) is 0. The van der Waals surface area contributed by atoms with Gasteiger partial charge >= 0.3 is 0 Å². The molecule has 2 rings (SSSR count). The summed E-state index contributed by atoms with van der Waals surface area (Å²) in [6.07, 6.45) is -0.0784. The Morgan fingerprint density at radius 3 is 2.48 bits per heavy atom. The van der Waals surface area contributed by atoms with Crippen LogP contribution in [0.2, 0.25) is 0 Å². The third kappa shape index (κ3) is 6.07. The van der Waals surface area contributed by atoms with Crippen LogP contribution in [0.15, 0.2) is 48.5 Å². The van der Waals surface area contributed by atoms with Crippen molar-refractivity contribution in [2.24, 2.45) is 0 Å². The minimum Gasteiger partial charge on any atom is -0.490 e. The molecule has 0 bridgehead atoms. The van der Waals surface area contributed by atoms with Gasteiger partial charge in [0.05, 0.1) is 17.0 Å². The molecular formula is C20H25N3O4. The minimum atomic E-state index is -0.479. The van der Waals surface area contributed by atoms with Gasteiger partial charge in [-0.15, -0.1) is 0 Å². The van der Waals surface area contributed by atoms with Gasteiger partial charge in [-0.3, -0.25) is 14.9 Å². The van der Waals surface area contributed by atoms with Crippen LogP contribution >= 0.6 is 0 Å². The molecule has 0 radical (unpaired) electrons. The van der Waals surface area contributed by atoms with E-state index in [2.05, 4.69) is 24.1 Å². The largest absolute Gasteiger partial charge is 0.490 e. The van der Waals surface area contributed by atoms with Gasteiger partial charge in [0.1, 0.15) is 12.4 Å². The molecule has 2 aromatic carbocycles. The predicted octanol–water partition coefficient (Wildman–Crippen LogP) is 3.50. The van der Waals surface area contributed by atoms with Crippen molar-refractivity contribution in [1.82, 2.24) is 4.90 Å². The van der Waals surface area contributed by atoms with Crippen molar-refractivity contribution in [3.8, 4) is 5.75 Å². The summed E-state index contributed by atoms with van der Waals surface area (Å²) in [5.74, 6) is 0.254. The third-order valence-corrected chi connectivity index (χ3v) is 4.26. The number of rotatable bonds is 10. The number of anilines is 1. The second-order valence-corrected chi connectivity index (χ2v) is 5.98. The maximum Gasteiger partial charge on any atom is 0.273 e. The van der Waals surface area contributed by atoms with Crippen molar-refractivity contribution in [1.29, 1.82) is 0 Å². The van der Waals surface area contributed by atoms with Gasteiger partial charge in [0, 0.05) is 18.2 Å². The van der Waals surface area contributed by atoms with Gasteiger partial charge in [-0.05, 0) is 25.2 Å². The Hall–Kier alpha value is -2.93. The van der Waals surface area contributed by atoms with E-state index in [1.807, 2.05) is 6.07 Å². The van der Waals surface area contributed by atoms with Gasteiger partial charge in [0.2, 0.25) is 5.91 Å². The van der Waals surface area contributed by atoms with E-state index in [0.717, 1.165) is 19.6 Å². The van der Waals surface area contributed by atoms with Crippen LogP contribution in [0.1, 0.15) is 19.4 Å². The second kappa shape index (κ2) is 10.3. The van der Waals surface area contributed by atoms with Gasteiger partial charge in [0.15, 0.2) is 0 Å². The second-order valence-electron chi connectivity index (χ2n) is 5.98. The maximum absolute atomic E-state index is 12.4. The summed E-state index contributed by atoms with van der Waals surface area (Å²) in [5, 5.41) is 13.9. The number of carbonyl (C=O) groups excluding carboxylic acids is 1. The summed E-state index contributed by atoms with van der Waals surface area (Å²) in [6.45, 7) is 7.41. The van der Waals surface area contributed by atoms with Crippen molar-refractivity contribution in [3.63, 3.8) is 0 Å². The Morgan fingerprint density at radius 1 is 1.11 bits per heavy atom. The average Bonchev–Trinajstić information content (AvgIpc) is 2.66. The van der Waals surface area contributed by atoms with Crippen molar-refractivity contribution < 1.29 is 14.5 Å². The molecule has 0 heterocycles. The monoisotopic (exact) mass is 371 g/mol. The fourth-order valence-electron chi connectivity index (χ4n) is 2.73. The fraction of sp³-hybridized carbons (Fsp3) is 0.350. The lowest BCUT2D eigenvalue weighted by atomic mass is 10.1. The van der Waals surface area contributed by atoms with Crippen molar-refractivity contribution in [2.45, 2.75) is 20.3 Å². The Morgan fingerprint density at radius 2 is 1.78 bits per heavy atom. The highest BCUT2D eigenvalue weighted by molar-refractivity contribution is 5.94. The molecule has 7 nitrogen and oxygen atoms in total. The zero-order chi connectivity index (χ0) is 19.6. The van der Waals surface area contributed by atoms with E-state index in [1.165, 1.54) is 6.07 Å². The Kier molecular flexibility index (Phi) is 7.76. The van der Waals surface area contributed by atoms with Gasteiger partial charge in [-0.25, -0.2) is 0 Å². The van der Waals surface area contributed by atoms with Crippen molar-refractivity contribution in [2.75, 3.05) is 31.6 Å². The lowest BCUT2D eigenvalue weighted by molar-refractivity contribution is -0.385. The summed E-state index contributed by atoms with van der Waals surface area (Å²) < 4.78 is 5.82. The number of likely N-dealkylation sites (N-methyl/N-ethyl adjacent to an activating group) is 1. The number of ether oxygens (including phenoxy) is 1. The standard InChI is InChI=1S/C20H25N3O4/c1-3-22(4-2)13-14-27-19-12-8-6-10-17(19)21-20(24)15-16-9-5-7-11-18(16)23(25)26/h5-12H,3-4,13-15H2,1-2H3,(H,21,24). The average molecular weight is 371 g/mol. The lowest BCUT2D eigenvalue weighted by Gasteiger charge is -2.19. The van der Waals surface area contributed by atoms with Crippen LogP contribution in [-0.4, -0.2) is 42.0 Å². The number of nitrogens with one attached hydrogen (secondary N) is 1. The minimum absolute atomic E-state index is 0.0589. The summed E-state index contributed by atoms with van der Waals surface area (Å²) in [6, 6.07) is 13.4. The van der Waals surface area contributed by atoms with E-state index < -0.39 is 4.92 Å². The Labute approximate surface area is 159 Å². The molecule has 0 aromatic heterocycles. The Bertz CT molecular complexity index is 775. The van der Waals surface area contributed by atoms with E-state index in [4.69, 9.17) is 4.74 Å². The van der Waals surface area contributed by atoms with E-state index in [1.54, 1.807) is 36.4 Å². The van der Waals surface area contributed by atoms with Crippen LogP contribution in [0.3, 0.4) is 0 Å². The molecule has 0 spiro atoms. The predicted molar refractivity (Wildman–Crippen MR) is 105 cm³/mol. The van der Waals surface area contributed by atoms with Crippen LogP contribution in [0, 0.1) is 10.1 Å². The molecule has 144 valence electrons. The van der Waals surface area contributed by atoms with Crippen LogP contribution in [0.4, 0.5) is 11.4 Å². The molecule has 0 saturated carbocycles. The topological polar surface area (TPSA) is 84.7 Å². The molecule has 7 heteroatoms. The zero-order valence-electron chi connectivity index (χ0n) is 15.7. The van der Waals surface area contributed by atoms with Gasteiger partial charge in [0.25, 0.3) is 5.69 Å². The first kappa shape index (κ1) is 20.4. The first-order valence-corrected chi connectivity index (χ1v) is 9.01. The van der Waals surface area contributed by atoms with E-state index in [9.17, 15) is 14.9 Å². The molecule has 0 aliphatic carbocycles. The molecular weight excluding hydrogens is 346 g/mol. The fourth-order valence-corrected chi connectivity index (χ4v) is 2.73. The van der Waals surface area contributed by atoms with Gasteiger partial charge < -0.3 is 15.0 Å². The number of nitro benzene ring substituents is 1. The number of carbonyl (C=O) groups is 1. The first-order chi connectivity index (χ1) is 13.0. The maximum atomic E-state index is 12.4. The number of nitrogens with zero attached hydrogens (tertiary/aromatic N) is 2.